The molecule has 2 aromatic rings. The van der Waals surface area contributed by atoms with Crippen LogP contribution >= 0.6 is 11.3 Å². The van der Waals surface area contributed by atoms with Gasteiger partial charge < -0.3 is 5.32 Å². The van der Waals surface area contributed by atoms with Crippen LogP contribution in [0.25, 0.3) is 0 Å². The lowest BCUT2D eigenvalue weighted by molar-refractivity contribution is 0.122. The molecule has 110 valence electrons. The average Bonchev–Trinajstić information content (AvgIpc) is 2.95. The summed E-state index contributed by atoms with van der Waals surface area (Å²) in [6.45, 7) is 5.72. The second-order valence-corrected chi connectivity index (χ2v) is 5.73. The summed E-state index contributed by atoms with van der Waals surface area (Å²) in [6.07, 6.45) is 1.69. The molecule has 0 aromatic carbocycles. The normalized spacial score (nSPS) is 12.9. The maximum absolute atomic E-state index is 12.3. The zero-order valence-corrected chi connectivity index (χ0v) is 12.5. The molecule has 1 N–H and O–H groups in total. The van der Waals surface area contributed by atoms with Gasteiger partial charge in [0.05, 0.1) is 28.6 Å². The van der Waals surface area contributed by atoms with Crippen LogP contribution < -0.4 is 5.32 Å². The zero-order chi connectivity index (χ0) is 14.7. The van der Waals surface area contributed by atoms with Gasteiger partial charge in [-0.05, 0) is 20.3 Å². The minimum Gasteiger partial charge on any atom is -0.375 e. The summed E-state index contributed by atoms with van der Waals surface area (Å²) in [6, 6.07) is 0.0806. The molecular formula is C13H18F2N4S. The molecule has 4 nitrogen and oxygen atoms in total. The van der Waals surface area contributed by atoms with Crippen LogP contribution in [-0.2, 0) is 13.0 Å². The number of rotatable bonds is 6. The molecule has 0 amide bonds. The maximum atomic E-state index is 12.3. The van der Waals surface area contributed by atoms with Gasteiger partial charge in [0.1, 0.15) is 6.54 Å². The van der Waals surface area contributed by atoms with Crippen LogP contribution in [0.4, 0.5) is 14.5 Å². The van der Waals surface area contributed by atoms with Gasteiger partial charge in [-0.2, -0.15) is 5.10 Å². The second-order valence-electron chi connectivity index (χ2n) is 4.62. The smallest absolute Gasteiger partial charge is 0.257 e. The fourth-order valence-electron chi connectivity index (χ4n) is 2.01. The molecule has 1 atom stereocenters. The molecule has 2 rings (SSSR count). The van der Waals surface area contributed by atoms with Crippen molar-refractivity contribution in [2.45, 2.75) is 46.2 Å². The Morgan fingerprint density at radius 3 is 2.80 bits per heavy atom. The Hall–Kier alpha value is -1.50. The number of thiazole rings is 1. The van der Waals surface area contributed by atoms with Gasteiger partial charge in [-0.3, -0.25) is 4.68 Å². The van der Waals surface area contributed by atoms with E-state index < -0.39 is 6.43 Å². The highest BCUT2D eigenvalue weighted by Crippen LogP contribution is 2.28. The SMILES string of the molecule is CCc1nc(C)c(C(C)Nc2cnn(CC(F)F)c2)s1. The van der Waals surface area contributed by atoms with Crippen LogP contribution in [0.15, 0.2) is 12.4 Å². The van der Waals surface area contributed by atoms with Gasteiger partial charge in [-0.1, -0.05) is 6.92 Å². The van der Waals surface area contributed by atoms with E-state index in [1.807, 2.05) is 13.8 Å². The molecule has 7 heteroatoms. The van der Waals surface area contributed by atoms with E-state index in [9.17, 15) is 8.78 Å². The van der Waals surface area contributed by atoms with E-state index in [0.29, 0.717) is 0 Å². The molecule has 20 heavy (non-hydrogen) atoms. The van der Waals surface area contributed by atoms with Crippen molar-refractivity contribution in [1.29, 1.82) is 0 Å². The molecule has 0 bridgehead atoms. The van der Waals surface area contributed by atoms with Gasteiger partial charge in [0, 0.05) is 11.1 Å². The summed E-state index contributed by atoms with van der Waals surface area (Å²) in [7, 11) is 0. The van der Waals surface area contributed by atoms with Crippen LogP contribution in [-0.4, -0.2) is 21.2 Å². The minimum absolute atomic E-state index is 0.0806. The fraction of sp³-hybridized carbons (Fsp3) is 0.538. The van der Waals surface area contributed by atoms with E-state index in [1.54, 1.807) is 23.7 Å². The molecule has 0 aliphatic rings. The highest BCUT2D eigenvalue weighted by atomic mass is 32.1. The minimum atomic E-state index is -2.39. The van der Waals surface area contributed by atoms with E-state index in [1.165, 1.54) is 9.56 Å². The van der Waals surface area contributed by atoms with Crippen LogP contribution in [0.5, 0.6) is 0 Å². The molecule has 0 fully saturated rings. The molecule has 0 saturated heterocycles. The number of nitrogens with one attached hydrogen (secondary N) is 1. The lowest BCUT2D eigenvalue weighted by Crippen LogP contribution is -2.07. The number of anilines is 1. The molecule has 1 unspecified atom stereocenters. The lowest BCUT2D eigenvalue weighted by Gasteiger charge is -2.12. The second kappa shape index (κ2) is 6.30. The Balaban J connectivity index is 2.05. The largest absolute Gasteiger partial charge is 0.375 e. The zero-order valence-electron chi connectivity index (χ0n) is 11.7. The highest BCUT2D eigenvalue weighted by Gasteiger charge is 2.14. The summed E-state index contributed by atoms with van der Waals surface area (Å²) in [5.74, 6) is 0. The molecular weight excluding hydrogens is 282 g/mol. The number of alkyl halides is 2. The van der Waals surface area contributed by atoms with Crippen molar-refractivity contribution in [2.24, 2.45) is 0 Å². The molecule has 0 aliphatic carbocycles. The molecule has 0 saturated carbocycles. The quantitative estimate of drug-likeness (QED) is 0.885. The Kier molecular flexibility index (Phi) is 4.69. The van der Waals surface area contributed by atoms with Crippen LogP contribution in [0.2, 0.25) is 0 Å². The van der Waals surface area contributed by atoms with Gasteiger partial charge in [0.25, 0.3) is 6.43 Å². The van der Waals surface area contributed by atoms with Gasteiger partial charge >= 0.3 is 0 Å². The molecule has 0 spiro atoms. The first-order chi connectivity index (χ1) is 9.49. The van der Waals surface area contributed by atoms with Gasteiger partial charge in [-0.15, -0.1) is 11.3 Å². The predicted molar refractivity (Wildman–Crippen MR) is 76.5 cm³/mol. The Morgan fingerprint density at radius 2 is 2.20 bits per heavy atom. The molecule has 0 radical (unpaired) electrons. The number of nitrogens with zero attached hydrogens (tertiary/aromatic N) is 3. The first-order valence-electron chi connectivity index (χ1n) is 6.53. The summed E-state index contributed by atoms with van der Waals surface area (Å²) >= 11 is 1.68. The average molecular weight is 300 g/mol. The van der Waals surface area contributed by atoms with E-state index >= 15 is 0 Å². The Labute approximate surface area is 120 Å². The lowest BCUT2D eigenvalue weighted by atomic mass is 10.2. The summed E-state index contributed by atoms with van der Waals surface area (Å²) in [5, 5.41) is 8.29. The topological polar surface area (TPSA) is 42.7 Å². The van der Waals surface area contributed by atoms with Gasteiger partial charge in [0.15, 0.2) is 0 Å². The third-order valence-electron chi connectivity index (χ3n) is 2.91. The van der Waals surface area contributed by atoms with Crippen LogP contribution in [0.1, 0.15) is 35.5 Å². The predicted octanol–water partition coefficient (Wildman–Crippen LogP) is 3.65. The summed E-state index contributed by atoms with van der Waals surface area (Å²) < 4.78 is 25.8. The van der Waals surface area contributed by atoms with Gasteiger partial charge in [0.2, 0.25) is 0 Å². The van der Waals surface area contributed by atoms with Crippen molar-refractivity contribution in [3.05, 3.63) is 28.0 Å². The van der Waals surface area contributed by atoms with Crippen molar-refractivity contribution in [2.75, 3.05) is 5.32 Å². The van der Waals surface area contributed by atoms with Crippen LogP contribution in [0, 0.1) is 6.92 Å². The van der Waals surface area contributed by atoms with Crippen molar-refractivity contribution >= 4 is 17.0 Å². The van der Waals surface area contributed by atoms with E-state index in [4.69, 9.17) is 0 Å². The molecule has 2 heterocycles. The first-order valence-corrected chi connectivity index (χ1v) is 7.34. The molecule has 0 aliphatic heterocycles. The standard InChI is InChI=1S/C13H18F2N4S/c1-4-12-18-9(3)13(20-12)8(2)17-10-5-16-19(6-10)7-11(14)15/h5-6,8,11,17H,4,7H2,1-3H3. The number of hydrogen-bond donors (Lipinski definition) is 1. The third-order valence-corrected chi connectivity index (χ3v) is 4.40. The number of aryl methyl sites for hydroxylation is 2. The van der Waals surface area contributed by atoms with Crippen molar-refractivity contribution in [3.8, 4) is 0 Å². The van der Waals surface area contributed by atoms with Crippen molar-refractivity contribution in [1.82, 2.24) is 14.8 Å². The summed E-state index contributed by atoms with van der Waals surface area (Å²) in [4.78, 5) is 5.66. The van der Waals surface area contributed by atoms with Crippen molar-refractivity contribution < 1.29 is 8.78 Å². The first kappa shape index (κ1) is 14.9. The number of aromatic nitrogens is 3. The summed E-state index contributed by atoms with van der Waals surface area (Å²) in [5.41, 5.74) is 1.76. The highest BCUT2D eigenvalue weighted by molar-refractivity contribution is 7.11. The number of hydrogen-bond acceptors (Lipinski definition) is 4. The monoisotopic (exact) mass is 300 g/mol. The maximum Gasteiger partial charge on any atom is 0.257 e. The van der Waals surface area contributed by atoms with E-state index in [0.717, 1.165) is 22.8 Å². The van der Waals surface area contributed by atoms with Crippen LogP contribution in [0.3, 0.4) is 0 Å². The Morgan fingerprint density at radius 1 is 1.45 bits per heavy atom. The third kappa shape index (κ3) is 3.53. The Bertz CT molecular complexity index is 564. The van der Waals surface area contributed by atoms with Crippen molar-refractivity contribution in [3.63, 3.8) is 0 Å². The number of halogens is 2. The van der Waals surface area contributed by atoms with E-state index in [2.05, 4.69) is 22.3 Å². The molecule has 2 aromatic heterocycles. The fourth-order valence-corrected chi connectivity index (χ4v) is 3.02. The van der Waals surface area contributed by atoms with E-state index in [-0.39, 0.29) is 12.6 Å². The van der Waals surface area contributed by atoms with Gasteiger partial charge in [-0.25, -0.2) is 13.8 Å².